The van der Waals surface area contributed by atoms with Gasteiger partial charge in [-0.25, -0.2) is 0 Å². The maximum atomic E-state index is 10.6. The summed E-state index contributed by atoms with van der Waals surface area (Å²) >= 11 is 0. The fourth-order valence-corrected chi connectivity index (χ4v) is 1.69. The van der Waals surface area contributed by atoms with Crippen LogP contribution in [-0.2, 0) is 0 Å². The van der Waals surface area contributed by atoms with E-state index >= 15 is 0 Å². The van der Waals surface area contributed by atoms with Gasteiger partial charge in [-0.05, 0) is 18.2 Å². The molecule has 0 aliphatic rings. The Labute approximate surface area is 116 Å². The first-order valence-corrected chi connectivity index (χ1v) is 5.96. The second-order valence-electron chi connectivity index (χ2n) is 4.47. The second kappa shape index (κ2) is 5.48. The maximum Gasteiger partial charge on any atom is 0.271 e. The van der Waals surface area contributed by atoms with Gasteiger partial charge in [-0.2, -0.15) is 0 Å². The summed E-state index contributed by atoms with van der Waals surface area (Å²) in [7, 11) is 3.86. The third-order valence-electron chi connectivity index (χ3n) is 2.77. The van der Waals surface area contributed by atoms with Crippen LogP contribution in [0.4, 0.5) is 17.1 Å². The third kappa shape index (κ3) is 2.97. The summed E-state index contributed by atoms with van der Waals surface area (Å²) in [5.41, 5.74) is 6.93. The minimum absolute atomic E-state index is 0.0584. The molecular formula is C14H15N3O3. The summed E-state index contributed by atoms with van der Waals surface area (Å²) in [4.78, 5) is 12.1. The predicted octanol–water partition coefficient (Wildman–Crippen LogP) is 3.04. The Bertz CT molecular complexity index is 641. The van der Waals surface area contributed by atoms with Crippen LogP contribution in [0.3, 0.4) is 0 Å². The summed E-state index contributed by atoms with van der Waals surface area (Å²) in [5, 5.41) is 10.6. The fraction of sp³-hybridized carbons (Fsp3) is 0.143. The molecule has 20 heavy (non-hydrogen) atoms. The highest BCUT2D eigenvalue weighted by Gasteiger charge is 2.10. The van der Waals surface area contributed by atoms with Crippen molar-refractivity contribution in [3.8, 4) is 11.5 Å². The zero-order chi connectivity index (χ0) is 14.7. The molecule has 0 aliphatic carbocycles. The number of benzene rings is 2. The van der Waals surface area contributed by atoms with Gasteiger partial charge in [0.2, 0.25) is 0 Å². The Morgan fingerprint density at radius 3 is 2.55 bits per heavy atom. The Morgan fingerprint density at radius 1 is 1.20 bits per heavy atom. The number of nitrogens with two attached hydrogens (primary N) is 1. The first kappa shape index (κ1) is 13.7. The van der Waals surface area contributed by atoms with E-state index < -0.39 is 4.92 Å². The molecule has 6 nitrogen and oxygen atoms in total. The molecule has 0 unspecified atom stereocenters. The molecule has 0 spiro atoms. The van der Waals surface area contributed by atoms with Gasteiger partial charge in [0.25, 0.3) is 5.69 Å². The maximum absolute atomic E-state index is 10.6. The molecule has 0 heterocycles. The molecule has 104 valence electrons. The number of nitrogen functional groups attached to an aromatic ring is 1. The molecule has 2 aromatic carbocycles. The number of rotatable bonds is 4. The summed E-state index contributed by atoms with van der Waals surface area (Å²) in [5.74, 6) is 1.02. The van der Waals surface area contributed by atoms with Crippen molar-refractivity contribution in [1.82, 2.24) is 0 Å². The van der Waals surface area contributed by atoms with Gasteiger partial charge in [-0.15, -0.1) is 0 Å². The summed E-state index contributed by atoms with van der Waals surface area (Å²) in [6.45, 7) is 0. The van der Waals surface area contributed by atoms with Crippen molar-refractivity contribution < 1.29 is 9.66 Å². The van der Waals surface area contributed by atoms with Crippen LogP contribution in [-0.4, -0.2) is 19.0 Å². The lowest BCUT2D eigenvalue weighted by molar-refractivity contribution is -0.384. The number of nitro groups is 1. The molecule has 0 atom stereocenters. The zero-order valence-corrected chi connectivity index (χ0v) is 11.2. The van der Waals surface area contributed by atoms with Crippen LogP contribution in [0.1, 0.15) is 0 Å². The van der Waals surface area contributed by atoms with Crippen LogP contribution >= 0.6 is 0 Å². The number of ether oxygens (including phenoxy) is 1. The highest BCUT2D eigenvalue weighted by molar-refractivity contribution is 5.60. The minimum Gasteiger partial charge on any atom is -0.455 e. The molecular weight excluding hydrogens is 258 g/mol. The molecule has 2 N–H and O–H groups in total. The van der Waals surface area contributed by atoms with Gasteiger partial charge in [-0.3, -0.25) is 10.1 Å². The second-order valence-corrected chi connectivity index (χ2v) is 4.47. The van der Waals surface area contributed by atoms with E-state index in [0.29, 0.717) is 11.5 Å². The fourth-order valence-electron chi connectivity index (χ4n) is 1.69. The zero-order valence-electron chi connectivity index (χ0n) is 11.2. The molecule has 2 rings (SSSR count). The standard InChI is InChI=1S/C14H15N3O3/c1-16(2)10-4-3-5-12(8-10)20-14-7-6-11(17(18)19)9-13(14)15/h3-9H,15H2,1-2H3. The van der Waals surface area contributed by atoms with Gasteiger partial charge >= 0.3 is 0 Å². The molecule has 0 radical (unpaired) electrons. The quantitative estimate of drug-likeness (QED) is 0.526. The van der Waals surface area contributed by atoms with E-state index in [-0.39, 0.29) is 11.4 Å². The van der Waals surface area contributed by atoms with Crippen molar-refractivity contribution in [3.63, 3.8) is 0 Å². The first-order valence-electron chi connectivity index (χ1n) is 5.96. The van der Waals surface area contributed by atoms with E-state index in [1.807, 2.05) is 37.2 Å². The predicted molar refractivity (Wildman–Crippen MR) is 78.4 cm³/mol. The summed E-state index contributed by atoms with van der Waals surface area (Å²) in [6.07, 6.45) is 0. The van der Waals surface area contributed by atoms with Crippen molar-refractivity contribution in [2.45, 2.75) is 0 Å². The molecule has 0 fully saturated rings. The lowest BCUT2D eigenvalue weighted by atomic mass is 10.2. The number of hydrogen-bond acceptors (Lipinski definition) is 5. The Kier molecular flexibility index (Phi) is 3.74. The van der Waals surface area contributed by atoms with Crippen molar-refractivity contribution in [3.05, 3.63) is 52.6 Å². The van der Waals surface area contributed by atoms with E-state index in [1.165, 1.54) is 18.2 Å². The van der Waals surface area contributed by atoms with Crippen LogP contribution in [0.15, 0.2) is 42.5 Å². The molecule has 6 heteroatoms. The molecule has 0 saturated carbocycles. The average Bonchev–Trinajstić information content (AvgIpc) is 2.41. The lowest BCUT2D eigenvalue weighted by Gasteiger charge is -2.14. The van der Waals surface area contributed by atoms with Crippen LogP contribution in [0, 0.1) is 10.1 Å². The Balaban J connectivity index is 2.26. The number of nitro benzene ring substituents is 1. The molecule has 2 aromatic rings. The molecule has 0 bridgehead atoms. The van der Waals surface area contributed by atoms with Crippen LogP contribution in [0.25, 0.3) is 0 Å². The van der Waals surface area contributed by atoms with Crippen molar-refractivity contribution in [2.75, 3.05) is 24.7 Å². The Morgan fingerprint density at radius 2 is 1.95 bits per heavy atom. The SMILES string of the molecule is CN(C)c1cccc(Oc2ccc([N+](=O)[O-])cc2N)c1. The topological polar surface area (TPSA) is 81.6 Å². The highest BCUT2D eigenvalue weighted by Crippen LogP contribution is 2.31. The Hall–Kier alpha value is -2.76. The molecule has 0 aromatic heterocycles. The largest absolute Gasteiger partial charge is 0.455 e. The van der Waals surface area contributed by atoms with Crippen LogP contribution in [0.2, 0.25) is 0 Å². The van der Waals surface area contributed by atoms with Gasteiger partial charge in [0.15, 0.2) is 5.75 Å². The summed E-state index contributed by atoms with van der Waals surface area (Å²) < 4.78 is 5.66. The van der Waals surface area contributed by atoms with Crippen molar-refractivity contribution in [1.29, 1.82) is 0 Å². The van der Waals surface area contributed by atoms with E-state index in [9.17, 15) is 10.1 Å². The monoisotopic (exact) mass is 273 g/mol. The van der Waals surface area contributed by atoms with E-state index in [2.05, 4.69) is 0 Å². The van der Waals surface area contributed by atoms with Crippen LogP contribution in [0.5, 0.6) is 11.5 Å². The van der Waals surface area contributed by atoms with Crippen molar-refractivity contribution >= 4 is 17.1 Å². The smallest absolute Gasteiger partial charge is 0.271 e. The van der Waals surface area contributed by atoms with Gasteiger partial charge in [0, 0.05) is 38.0 Å². The van der Waals surface area contributed by atoms with Crippen LogP contribution < -0.4 is 15.4 Å². The highest BCUT2D eigenvalue weighted by atomic mass is 16.6. The summed E-state index contributed by atoms with van der Waals surface area (Å²) in [6, 6.07) is 11.6. The minimum atomic E-state index is -0.493. The van der Waals surface area contributed by atoms with Gasteiger partial charge in [-0.1, -0.05) is 6.07 Å². The van der Waals surface area contributed by atoms with Gasteiger partial charge in [0.1, 0.15) is 5.75 Å². The number of non-ortho nitro benzene ring substituents is 1. The van der Waals surface area contributed by atoms with Gasteiger partial charge in [0.05, 0.1) is 10.6 Å². The molecule has 0 saturated heterocycles. The van der Waals surface area contributed by atoms with Gasteiger partial charge < -0.3 is 15.4 Å². The normalized spacial score (nSPS) is 10.1. The molecule has 0 amide bonds. The van der Waals surface area contributed by atoms with E-state index in [4.69, 9.17) is 10.5 Å². The average molecular weight is 273 g/mol. The number of nitrogens with zero attached hydrogens (tertiary/aromatic N) is 2. The molecule has 0 aliphatic heterocycles. The van der Waals surface area contributed by atoms with E-state index in [0.717, 1.165) is 5.69 Å². The first-order chi connectivity index (χ1) is 9.47. The number of anilines is 2. The van der Waals surface area contributed by atoms with Crippen molar-refractivity contribution in [2.24, 2.45) is 0 Å². The van der Waals surface area contributed by atoms with E-state index in [1.54, 1.807) is 6.07 Å². The lowest BCUT2D eigenvalue weighted by Crippen LogP contribution is -2.08. The number of hydrogen-bond donors (Lipinski definition) is 1. The third-order valence-corrected chi connectivity index (χ3v) is 2.77.